The SMILES string of the molecule is N[C@H](C(=O)NC1(CC(=O)O)CCCCC1)c1ccccc1. The number of benzene rings is 1. The van der Waals surface area contributed by atoms with E-state index in [2.05, 4.69) is 5.32 Å². The van der Waals surface area contributed by atoms with Crippen molar-refractivity contribution in [1.29, 1.82) is 0 Å². The van der Waals surface area contributed by atoms with Gasteiger partial charge in [-0.3, -0.25) is 9.59 Å². The normalized spacial score (nSPS) is 18.7. The van der Waals surface area contributed by atoms with Crippen LogP contribution in [-0.2, 0) is 9.59 Å². The third-order valence-electron chi connectivity index (χ3n) is 4.13. The lowest BCUT2D eigenvalue weighted by molar-refractivity contribution is -0.139. The molecule has 0 radical (unpaired) electrons. The largest absolute Gasteiger partial charge is 0.481 e. The summed E-state index contributed by atoms with van der Waals surface area (Å²) in [5.41, 5.74) is 6.07. The molecule has 0 aliphatic heterocycles. The van der Waals surface area contributed by atoms with Gasteiger partial charge in [-0.15, -0.1) is 0 Å². The maximum atomic E-state index is 12.4. The van der Waals surface area contributed by atoms with Crippen molar-refractivity contribution in [2.45, 2.75) is 50.1 Å². The summed E-state index contributed by atoms with van der Waals surface area (Å²) < 4.78 is 0. The van der Waals surface area contributed by atoms with Crippen LogP contribution in [0.1, 0.15) is 50.1 Å². The van der Waals surface area contributed by atoms with E-state index in [9.17, 15) is 9.59 Å². The summed E-state index contributed by atoms with van der Waals surface area (Å²) in [6, 6.07) is 8.36. The molecule has 21 heavy (non-hydrogen) atoms. The molecule has 4 N–H and O–H groups in total. The van der Waals surface area contributed by atoms with Crippen molar-refractivity contribution in [1.82, 2.24) is 5.32 Å². The minimum atomic E-state index is -0.884. The molecule has 1 amide bonds. The Balaban J connectivity index is 2.09. The highest BCUT2D eigenvalue weighted by molar-refractivity contribution is 5.84. The Labute approximate surface area is 124 Å². The predicted octanol–water partition coefficient (Wildman–Crippen LogP) is 1.98. The second-order valence-electron chi connectivity index (χ2n) is 5.79. The van der Waals surface area contributed by atoms with E-state index < -0.39 is 17.6 Å². The highest BCUT2D eigenvalue weighted by Gasteiger charge is 2.36. The lowest BCUT2D eigenvalue weighted by Crippen LogP contribution is -2.53. The minimum absolute atomic E-state index is 0.0414. The van der Waals surface area contributed by atoms with Gasteiger partial charge in [-0.1, -0.05) is 49.6 Å². The van der Waals surface area contributed by atoms with Crippen molar-refractivity contribution < 1.29 is 14.7 Å². The molecule has 1 atom stereocenters. The number of carbonyl (C=O) groups excluding carboxylic acids is 1. The number of aliphatic carboxylic acids is 1. The molecule has 1 aromatic carbocycles. The molecule has 1 aliphatic carbocycles. The van der Waals surface area contributed by atoms with Gasteiger partial charge in [0.1, 0.15) is 6.04 Å². The van der Waals surface area contributed by atoms with Gasteiger partial charge in [-0.2, -0.15) is 0 Å². The quantitative estimate of drug-likeness (QED) is 0.773. The highest BCUT2D eigenvalue weighted by atomic mass is 16.4. The average Bonchev–Trinajstić information content (AvgIpc) is 2.47. The van der Waals surface area contributed by atoms with Crippen LogP contribution >= 0.6 is 0 Å². The minimum Gasteiger partial charge on any atom is -0.481 e. The van der Waals surface area contributed by atoms with Crippen LogP contribution in [0.3, 0.4) is 0 Å². The second-order valence-corrected chi connectivity index (χ2v) is 5.79. The average molecular weight is 290 g/mol. The first kappa shape index (κ1) is 15.5. The van der Waals surface area contributed by atoms with Crippen LogP contribution in [0.2, 0.25) is 0 Å². The number of carboxylic acid groups (broad SMARTS) is 1. The molecule has 5 nitrogen and oxygen atoms in total. The zero-order valence-corrected chi connectivity index (χ0v) is 12.0. The fourth-order valence-corrected chi connectivity index (χ4v) is 3.01. The summed E-state index contributed by atoms with van der Waals surface area (Å²) in [7, 11) is 0. The molecule has 5 heteroatoms. The molecule has 0 heterocycles. The summed E-state index contributed by atoms with van der Waals surface area (Å²) in [4.78, 5) is 23.5. The summed E-state index contributed by atoms with van der Waals surface area (Å²) in [5, 5.41) is 12.0. The van der Waals surface area contributed by atoms with E-state index in [0.29, 0.717) is 12.8 Å². The maximum Gasteiger partial charge on any atom is 0.305 e. The molecule has 1 aromatic rings. The first-order chi connectivity index (χ1) is 10.0. The van der Waals surface area contributed by atoms with Gasteiger partial charge < -0.3 is 16.2 Å². The zero-order chi connectivity index (χ0) is 15.3. The standard InChI is InChI=1S/C16H22N2O3/c17-14(12-7-3-1-4-8-12)15(21)18-16(11-13(19)20)9-5-2-6-10-16/h1,3-4,7-8,14H,2,5-6,9-11,17H2,(H,18,21)(H,19,20)/t14-/m0/s1. The van der Waals surface area contributed by atoms with Crippen LogP contribution in [-0.4, -0.2) is 22.5 Å². The predicted molar refractivity (Wildman–Crippen MR) is 79.6 cm³/mol. The molecule has 1 fully saturated rings. The number of amides is 1. The van der Waals surface area contributed by atoms with Crippen molar-refractivity contribution in [3.8, 4) is 0 Å². The lowest BCUT2D eigenvalue weighted by atomic mass is 9.79. The summed E-state index contributed by atoms with van der Waals surface area (Å²) >= 11 is 0. The van der Waals surface area contributed by atoms with Crippen molar-refractivity contribution in [3.63, 3.8) is 0 Å². The number of hydrogen-bond donors (Lipinski definition) is 3. The highest BCUT2D eigenvalue weighted by Crippen LogP contribution is 2.31. The fourth-order valence-electron chi connectivity index (χ4n) is 3.01. The van der Waals surface area contributed by atoms with E-state index >= 15 is 0 Å². The Bertz CT molecular complexity index is 496. The second kappa shape index (κ2) is 6.72. The number of hydrogen-bond acceptors (Lipinski definition) is 3. The Hall–Kier alpha value is -1.88. The fraction of sp³-hybridized carbons (Fsp3) is 0.500. The van der Waals surface area contributed by atoms with Crippen molar-refractivity contribution in [2.24, 2.45) is 5.73 Å². The molecular formula is C16H22N2O3. The van der Waals surface area contributed by atoms with Gasteiger partial charge in [0.25, 0.3) is 0 Å². The number of carboxylic acids is 1. The summed E-state index contributed by atoms with van der Waals surface area (Å²) in [6.07, 6.45) is 4.32. The van der Waals surface area contributed by atoms with Gasteiger partial charge in [-0.25, -0.2) is 0 Å². The van der Waals surface area contributed by atoms with E-state index in [1.165, 1.54) is 0 Å². The van der Waals surface area contributed by atoms with E-state index in [1.54, 1.807) is 12.1 Å². The Morgan fingerprint density at radius 2 is 1.81 bits per heavy atom. The van der Waals surface area contributed by atoms with E-state index in [1.807, 2.05) is 18.2 Å². The van der Waals surface area contributed by atoms with E-state index in [-0.39, 0.29) is 12.3 Å². The molecule has 0 saturated heterocycles. The monoisotopic (exact) mass is 290 g/mol. The molecule has 0 bridgehead atoms. The Morgan fingerprint density at radius 1 is 1.19 bits per heavy atom. The number of rotatable bonds is 5. The van der Waals surface area contributed by atoms with Crippen LogP contribution in [0, 0.1) is 0 Å². The van der Waals surface area contributed by atoms with Crippen molar-refractivity contribution >= 4 is 11.9 Å². The molecular weight excluding hydrogens is 268 g/mol. The zero-order valence-electron chi connectivity index (χ0n) is 12.0. The molecule has 0 unspecified atom stereocenters. The van der Waals surface area contributed by atoms with Crippen LogP contribution in [0.25, 0.3) is 0 Å². The first-order valence-corrected chi connectivity index (χ1v) is 7.37. The van der Waals surface area contributed by atoms with Crippen LogP contribution in [0.5, 0.6) is 0 Å². The maximum absolute atomic E-state index is 12.4. The Kier molecular flexibility index (Phi) is 4.96. The first-order valence-electron chi connectivity index (χ1n) is 7.37. The van der Waals surface area contributed by atoms with Crippen LogP contribution < -0.4 is 11.1 Å². The molecule has 2 rings (SSSR count). The van der Waals surface area contributed by atoms with Gasteiger partial charge in [-0.05, 0) is 18.4 Å². The third-order valence-corrected chi connectivity index (χ3v) is 4.13. The van der Waals surface area contributed by atoms with Gasteiger partial charge in [0.15, 0.2) is 0 Å². The molecule has 0 spiro atoms. The molecule has 1 aliphatic rings. The van der Waals surface area contributed by atoms with Crippen molar-refractivity contribution in [2.75, 3.05) is 0 Å². The third kappa shape index (κ3) is 4.04. The van der Waals surface area contributed by atoms with Gasteiger partial charge >= 0.3 is 5.97 Å². The van der Waals surface area contributed by atoms with Gasteiger partial charge in [0, 0.05) is 0 Å². The summed E-state index contributed by atoms with van der Waals surface area (Å²) in [5.74, 6) is -1.19. The Morgan fingerprint density at radius 3 is 2.38 bits per heavy atom. The number of nitrogens with one attached hydrogen (secondary N) is 1. The van der Waals surface area contributed by atoms with Gasteiger partial charge in [0.2, 0.25) is 5.91 Å². The van der Waals surface area contributed by atoms with E-state index in [0.717, 1.165) is 24.8 Å². The van der Waals surface area contributed by atoms with Gasteiger partial charge in [0.05, 0.1) is 12.0 Å². The lowest BCUT2D eigenvalue weighted by Gasteiger charge is -2.37. The van der Waals surface area contributed by atoms with Crippen molar-refractivity contribution in [3.05, 3.63) is 35.9 Å². The topological polar surface area (TPSA) is 92.4 Å². The molecule has 0 aromatic heterocycles. The summed E-state index contributed by atoms with van der Waals surface area (Å²) in [6.45, 7) is 0. The van der Waals surface area contributed by atoms with Crippen LogP contribution in [0.4, 0.5) is 0 Å². The smallest absolute Gasteiger partial charge is 0.305 e. The molecule has 1 saturated carbocycles. The number of carbonyl (C=O) groups is 2. The number of nitrogens with two attached hydrogens (primary N) is 1. The van der Waals surface area contributed by atoms with E-state index in [4.69, 9.17) is 10.8 Å². The molecule has 114 valence electrons. The van der Waals surface area contributed by atoms with Crippen LogP contribution in [0.15, 0.2) is 30.3 Å².